The molecule has 11 nitrogen and oxygen atoms in total. The number of amides is 3. The largest absolute Gasteiger partial charge is 0.449 e. The molecule has 0 saturated heterocycles. The van der Waals surface area contributed by atoms with Gasteiger partial charge in [0.2, 0.25) is 5.96 Å². The van der Waals surface area contributed by atoms with Crippen molar-refractivity contribution in [3.63, 3.8) is 0 Å². The number of aldehydes is 1. The third-order valence-corrected chi connectivity index (χ3v) is 7.82. The molecule has 0 aliphatic heterocycles. The van der Waals surface area contributed by atoms with Crippen molar-refractivity contribution in [2.45, 2.75) is 38.0 Å². The van der Waals surface area contributed by atoms with Crippen LogP contribution in [0.3, 0.4) is 0 Å². The number of guanidine groups is 1. The van der Waals surface area contributed by atoms with Crippen molar-refractivity contribution in [1.82, 2.24) is 10.2 Å². The predicted molar refractivity (Wildman–Crippen MR) is 179 cm³/mol. The monoisotopic (exact) mass is 648 g/mol. The summed E-state index contributed by atoms with van der Waals surface area (Å²) in [5, 5.41) is 2.58. The van der Waals surface area contributed by atoms with Crippen molar-refractivity contribution < 1.29 is 33.4 Å². The second-order valence-corrected chi connectivity index (χ2v) is 11.1. The molecule has 48 heavy (non-hydrogen) atoms. The van der Waals surface area contributed by atoms with Gasteiger partial charge in [-0.1, -0.05) is 109 Å². The summed E-state index contributed by atoms with van der Waals surface area (Å²) in [6.07, 6.45) is -1.64. The molecule has 0 spiro atoms. The van der Waals surface area contributed by atoms with E-state index in [1.165, 1.54) is 0 Å². The summed E-state index contributed by atoms with van der Waals surface area (Å²) in [7, 11) is 0. The lowest BCUT2D eigenvalue weighted by Gasteiger charge is -2.22. The number of rotatable bonds is 12. The smallest absolute Gasteiger partial charge is 0.437 e. The maximum atomic E-state index is 13.1. The van der Waals surface area contributed by atoms with E-state index >= 15 is 0 Å². The lowest BCUT2D eigenvalue weighted by Crippen LogP contribution is -2.44. The fraction of sp³-hybridized carbons (Fsp3) is 0.216. The Morgan fingerprint density at radius 1 is 0.771 bits per heavy atom. The van der Waals surface area contributed by atoms with Crippen LogP contribution >= 0.6 is 0 Å². The van der Waals surface area contributed by atoms with Crippen LogP contribution in [0, 0.1) is 0 Å². The van der Waals surface area contributed by atoms with E-state index in [-0.39, 0.29) is 45.1 Å². The number of hydrogen-bond acceptors (Lipinski definition) is 7. The van der Waals surface area contributed by atoms with Crippen molar-refractivity contribution >= 4 is 30.5 Å². The highest BCUT2D eigenvalue weighted by molar-refractivity contribution is 5.98. The van der Waals surface area contributed by atoms with Crippen LogP contribution < -0.4 is 11.1 Å². The Kier molecular flexibility index (Phi) is 11.5. The zero-order valence-electron chi connectivity index (χ0n) is 26.2. The van der Waals surface area contributed by atoms with Gasteiger partial charge in [-0.05, 0) is 46.2 Å². The summed E-state index contributed by atoms with van der Waals surface area (Å²) < 4.78 is 16.1. The number of nitrogens with one attached hydrogen (secondary N) is 1. The number of carbonyl (C=O) groups excluding carboxylic acids is 4. The van der Waals surface area contributed by atoms with Gasteiger partial charge in [0.25, 0.3) is 0 Å². The molecule has 0 fully saturated rings. The van der Waals surface area contributed by atoms with E-state index in [2.05, 4.69) is 10.3 Å². The topological polar surface area (TPSA) is 150 Å². The van der Waals surface area contributed by atoms with Crippen LogP contribution in [0.5, 0.6) is 0 Å². The van der Waals surface area contributed by atoms with Crippen LogP contribution in [0.25, 0.3) is 11.1 Å². The lowest BCUT2D eigenvalue weighted by atomic mass is 9.98. The normalized spacial score (nSPS) is 12.6. The number of nitrogens with two attached hydrogens (primary N) is 1. The SMILES string of the molecule is N/C(=N\C(=O)OCc1ccccc1)N(CCC[C@@H](C=O)NC(=O)OCC1c2ccccc2-c2ccccc21)C(=O)OCc1ccccc1. The summed E-state index contributed by atoms with van der Waals surface area (Å²) in [6, 6.07) is 33.1. The van der Waals surface area contributed by atoms with E-state index in [1.807, 2.05) is 72.8 Å². The number of aliphatic imine (C=N–C) groups is 1. The van der Waals surface area contributed by atoms with Gasteiger partial charge in [0, 0.05) is 12.5 Å². The molecule has 0 unspecified atom stereocenters. The first-order chi connectivity index (χ1) is 23.4. The van der Waals surface area contributed by atoms with Gasteiger partial charge in [0.05, 0.1) is 6.04 Å². The average molecular weight is 649 g/mol. The Labute approximate surface area is 278 Å². The number of hydrogen-bond donors (Lipinski definition) is 2. The van der Waals surface area contributed by atoms with E-state index in [0.717, 1.165) is 38.3 Å². The van der Waals surface area contributed by atoms with Crippen LogP contribution in [-0.2, 0) is 32.2 Å². The van der Waals surface area contributed by atoms with Gasteiger partial charge < -0.3 is 30.1 Å². The number of ether oxygens (including phenoxy) is 3. The van der Waals surface area contributed by atoms with Crippen molar-refractivity contribution in [3.8, 4) is 11.1 Å². The highest BCUT2D eigenvalue weighted by atomic mass is 16.6. The predicted octanol–water partition coefficient (Wildman–Crippen LogP) is 6.16. The Hall–Kier alpha value is -5.97. The molecule has 0 aromatic heterocycles. The number of alkyl carbamates (subject to hydrolysis) is 1. The third-order valence-electron chi connectivity index (χ3n) is 7.82. The maximum Gasteiger partial charge on any atom is 0.437 e. The fourth-order valence-electron chi connectivity index (χ4n) is 5.44. The molecule has 0 heterocycles. The van der Waals surface area contributed by atoms with Crippen molar-refractivity contribution in [2.24, 2.45) is 10.7 Å². The molecule has 3 N–H and O–H groups in total. The minimum absolute atomic E-state index is 0.0303. The number of fused-ring (bicyclic) bond motifs is 3. The van der Waals surface area contributed by atoms with Gasteiger partial charge in [-0.3, -0.25) is 0 Å². The number of nitrogens with zero attached hydrogens (tertiary/aromatic N) is 2. The van der Waals surface area contributed by atoms with E-state index in [1.54, 1.807) is 36.4 Å². The van der Waals surface area contributed by atoms with Crippen molar-refractivity contribution in [1.29, 1.82) is 0 Å². The first-order valence-corrected chi connectivity index (χ1v) is 15.5. The van der Waals surface area contributed by atoms with E-state index in [9.17, 15) is 19.2 Å². The standard InChI is InChI=1S/C37H36N4O7/c38-34(40-36(44)46-23-26-12-3-1-4-13-26)41(37(45)48-24-27-14-5-2-6-15-27)21-11-16-28(22-42)39-35(43)47-25-33-31-19-9-7-17-29(31)30-18-8-10-20-32(30)33/h1-10,12-15,17-20,22,28,33H,11,16,21,23-25H2,(H,39,43)(H2,38,40,44)/t28-/m0/s1. The van der Waals surface area contributed by atoms with Crippen LogP contribution in [0.15, 0.2) is 114 Å². The second kappa shape index (κ2) is 16.5. The molecular weight excluding hydrogens is 612 g/mol. The van der Waals surface area contributed by atoms with Crippen LogP contribution in [0.4, 0.5) is 14.4 Å². The van der Waals surface area contributed by atoms with Crippen molar-refractivity contribution in [3.05, 3.63) is 131 Å². The summed E-state index contributed by atoms with van der Waals surface area (Å²) >= 11 is 0. The second-order valence-electron chi connectivity index (χ2n) is 11.1. The van der Waals surface area contributed by atoms with E-state index in [0.29, 0.717) is 6.29 Å². The number of carbonyl (C=O) groups is 4. The molecule has 246 valence electrons. The minimum Gasteiger partial charge on any atom is -0.449 e. The van der Waals surface area contributed by atoms with Crippen LogP contribution in [-0.4, -0.2) is 54.6 Å². The average Bonchev–Trinajstić information content (AvgIpc) is 3.44. The zero-order chi connectivity index (χ0) is 33.7. The van der Waals surface area contributed by atoms with Crippen LogP contribution in [0.2, 0.25) is 0 Å². The Morgan fingerprint density at radius 2 is 1.31 bits per heavy atom. The molecule has 4 aromatic rings. The maximum absolute atomic E-state index is 13.1. The molecule has 1 aliphatic rings. The summed E-state index contributed by atoms with van der Waals surface area (Å²) in [5.74, 6) is -0.562. The van der Waals surface area contributed by atoms with Gasteiger partial charge in [-0.2, -0.15) is 0 Å². The van der Waals surface area contributed by atoms with Gasteiger partial charge in [0.1, 0.15) is 26.1 Å². The summed E-state index contributed by atoms with van der Waals surface area (Å²) in [6.45, 7) is -0.0366. The van der Waals surface area contributed by atoms with Gasteiger partial charge in [-0.15, -0.1) is 4.99 Å². The Balaban J connectivity index is 1.16. The molecule has 0 bridgehead atoms. The van der Waals surface area contributed by atoms with Crippen molar-refractivity contribution in [2.75, 3.05) is 13.2 Å². The minimum atomic E-state index is -0.986. The van der Waals surface area contributed by atoms with E-state index in [4.69, 9.17) is 19.9 Å². The lowest BCUT2D eigenvalue weighted by molar-refractivity contribution is -0.109. The highest BCUT2D eigenvalue weighted by Gasteiger charge is 2.29. The van der Waals surface area contributed by atoms with Gasteiger partial charge in [0.15, 0.2) is 0 Å². The zero-order valence-corrected chi connectivity index (χ0v) is 26.2. The van der Waals surface area contributed by atoms with Crippen LogP contribution in [0.1, 0.15) is 41.0 Å². The highest BCUT2D eigenvalue weighted by Crippen LogP contribution is 2.44. The molecule has 1 aliphatic carbocycles. The quantitative estimate of drug-likeness (QED) is 0.0803. The van der Waals surface area contributed by atoms with Gasteiger partial charge >= 0.3 is 18.3 Å². The summed E-state index contributed by atoms with van der Waals surface area (Å²) in [5.41, 5.74) is 11.9. The molecule has 0 saturated carbocycles. The molecule has 1 atom stereocenters. The summed E-state index contributed by atoms with van der Waals surface area (Å²) in [4.78, 5) is 54.8. The molecule has 3 amide bonds. The molecular formula is C37H36N4O7. The molecule has 5 rings (SSSR count). The van der Waals surface area contributed by atoms with E-state index < -0.39 is 30.3 Å². The van der Waals surface area contributed by atoms with Gasteiger partial charge in [-0.25, -0.2) is 19.3 Å². The first kappa shape index (κ1) is 33.4. The molecule has 4 aromatic carbocycles. The first-order valence-electron chi connectivity index (χ1n) is 15.5. The fourth-order valence-corrected chi connectivity index (χ4v) is 5.44. The Bertz CT molecular complexity index is 1700. The number of benzene rings is 4. The molecule has 0 radical (unpaired) electrons. The molecule has 11 heteroatoms. The Morgan fingerprint density at radius 3 is 1.90 bits per heavy atom. The third kappa shape index (κ3) is 8.85.